The molecule has 1 aliphatic heterocycles. The molecule has 2 fully saturated rings. The molecule has 2 aliphatic rings. The summed E-state index contributed by atoms with van der Waals surface area (Å²) in [5.74, 6) is 0.0468. The fourth-order valence-corrected chi connectivity index (χ4v) is 3.85. The Morgan fingerprint density at radius 1 is 1.44 bits per heavy atom. The first kappa shape index (κ1) is 14.2. The Bertz CT molecular complexity index is 293. The van der Waals surface area contributed by atoms with Gasteiger partial charge >= 0.3 is 0 Å². The first-order valence-electron chi connectivity index (χ1n) is 6.89. The number of thioether (sulfide) groups is 1. The van der Waals surface area contributed by atoms with Crippen LogP contribution < -0.4 is 10.6 Å². The Balaban J connectivity index is 1.80. The zero-order chi connectivity index (χ0) is 13.0. The molecule has 2 unspecified atom stereocenters. The number of β-amino-alcohol motifs (C(OH)–C–C–N with tert-alkyl or cyclic N) is 1. The van der Waals surface area contributed by atoms with Gasteiger partial charge in [0, 0.05) is 17.8 Å². The molecule has 1 saturated heterocycles. The molecule has 0 aromatic carbocycles. The van der Waals surface area contributed by atoms with E-state index in [1.54, 1.807) is 0 Å². The molecule has 5 heteroatoms. The van der Waals surface area contributed by atoms with E-state index in [-0.39, 0.29) is 22.8 Å². The number of aliphatic hydroxyl groups excluding tert-OH is 1. The molecule has 1 aliphatic carbocycles. The Morgan fingerprint density at radius 3 is 2.72 bits per heavy atom. The number of hydrogen-bond donors (Lipinski definition) is 3. The molecule has 104 valence electrons. The van der Waals surface area contributed by atoms with Crippen molar-refractivity contribution in [2.24, 2.45) is 0 Å². The summed E-state index contributed by atoms with van der Waals surface area (Å²) in [4.78, 5) is 12.0. The number of amides is 1. The number of carbonyl (C=O) groups is 1. The van der Waals surface area contributed by atoms with E-state index in [4.69, 9.17) is 0 Å². The van der Waals surface area contributed by atoms with Crippen LogP contribution in [0.4, 0.5) is 0 Å². The van der Waals surface area contributed by atoms with E-state index < -0.39 is 0 Å². The molecule has 1 saturated carbocycles. The van der Waals surface area contributed by atoms with Crippen molar-refractivity contribution in [1.82, 2.24) is 10.6 Å². The first-order chi connectivity index (χ1) is 8.65. The Hall–Kier alpha value is -0.260. The highest BCUT2D eigenvalue weighted by Crippen LogP contribution is 2.37. The number of nitrogens with one attached hydrogen (secondary N) is 2. The average molecular weight is 272 g/mol. The van der Waals surface area contributed by atoms with Crippen LogP contribution in [0.2, 0.25) is 0 Å². The first-order valence-corrected chi connectivity index (χ1v) is 8.12. The van der Waals surface area contributed by atoms with Gasteiger partial charge in [-0.3, -0.25) is 4.79 Å². The molecule has 1 heterocycles. The standard InChI is InChI=1S/C13H24N2O2S/c1-18-13(5-3-2-4-6-13)9-15-12(17)11-7-10(16)8-14-11/h10-11,14,16H,2-9H2,1H3,(H,15,17). The fraction of sp³-hybridized carbons (Fsp3) is 0.923. The maximum Gasteiger partial charge on any atom is 0.237 e. The maximum absolute atomic E-state index is 12.0. The van der Waals surface area contributed by atoms with Gasteiger partial charge in [0.2, 0.25) is 5.91 Å². The second-order valence-corrected chi connectivity index (χ2v) is 6.79. The molecule has 18 heavy (non-hydrogen) atoms. The van der Waals surface area contributed by atoms with Crippen LogP contribution in [0.25, 0.3) is 0 Å². The van der Waals surface area contributed by atoms with Crippen LogP contribution in [-0.4, -0.2) is 47.3 Å². The topological polar surface area (TPSA) is 61.4 Å². The third kappa shape index (κ3) is 3.39. The van der Waals surface area contributed by atoms with Gasteiger partial charge in [0.05, 0.1) is 12.1 Å². The SMILES string of the molecule is CSC1(CNC(=O)C2CC(O)CN2)CCCCC1. The summed E-state index contributed by atoms with van der Waals surface area (Å²) in [5.41, 5.74) is 0. The van der Waals surface area contributed by atoms with Crippen molar-refractivity contribution in [3.05, 3.63) is 0 Å². The summed E-state index contributed by atoms with van der Waals surface area (Å²) in [5, 5.41) is 15.5. The van der Waals surface area contributed by atoms with Gasteiger partial charge in [0.25, 0.3) is 0 Å². The van der Waals surface area contributed by atoms with Crippen molar-refractivity contribution < 1.29 is 9.90 Å². The Morgan fingerprint density at radius 2 is 2.17 bits per heavy atom. The van der Waals surface area contributed by atoms with Crippen LogP contribution in [0.1, 0.15) is 38.5 Å². The molecule has 0 aromatic rings. The quantitative estimate of drug-likeness (QED) is 0.711. The predicted molar refractivity (Wildman–Crippen MR) is 74.8 cm³/mol. The lowest BCUT2D eigenvalue weighted by Gasteiger charge is -2.36. The molecular weight excluding hydrogens is 248 g/mol. The zero-order valence-electron chi connectivity index (χ0n) is 11.1. The number of hydrogen-bond acceptors (Lipinski definition) is 4. The molecule has 0 bridgehead atoms. The van der Waals surface area contributed by atoms with Gasteiger partial charge in [-0.1, -0.05) is 19.3 Å². The lowest BCUT2D eigenvalue weighted by Crippen LogP contribution is -2.47. The van der Waals surface area contributed by atoms with Crippen molar-refractivity contribution in [1.29, 1.82) is 0 Å². The predicted octanol–water partition coefficient (Wildman–Crippen LogP) is 0.891. The zero-order valence-corrected chi connectivity index (χ0v) is 11.9. The molecule has 0 spiro atoms. The van der Waals surface area contributed by atoms with Gasteiger partial charge in [0.1, 0.15) is 0 Å². The van der Waals surface area contributed by atoms with Gasteiger partial charge in [-0.05, 0) is 25.5 Å². The molecule has 2 rings (SSSR count). The van der Waals surface area contributed by atoms with E-state index in [1.165, 1.54) is 32.1 Å². The van der Waals surface area contributed by atoms with Crippen molar-refractivity contribution in [3.8, 4) is 0 Å². The van der Waals surface area contributed by atoms with Crippen LogP contribution in [0, 0.1) is 0 Å². The molecule has 2 atom stereocenters. The maximum atomic E-state index is 12.0. The van der Waals surface area contributed by atoms with Crippen molar-refractivity contribution in [2.75, 3.05) is 19.3 Å². The van der Waals surface area contributed by atoms with Gasteiger partial charge in [-0.25, -0.2) is 0 Å². The second kappa shape index (κ2) is 6.26. The summed E-state index contributed by atoms with van der Waals surface area (Å²) in [6, 6.07) is -0.206. The molecule has 0 radical (unpaired) electrons. The van der Waals surface area contributed by atoms with Crippen LogP contribution in [0.3, 0.4) is 0 Å². The summed E-state index contributed by atoms with van der Waals surface area (Å²) >= 11 is 1.89. The minimum atomic E-state index is -0.370. The molecule has 0 aromatic heterocycles. The lowest BCUT2D eigenvalue weighted by molar-refractivity contribution is -0.123. The Labute approximate surface area is 113 Å². The number of carbonyl (C=O) groups excluding carboxylic acids is 1. The van der Waals surface area contributed by atoms with Gasteiger partial charge < -0.3 is 15.7 Å². The van der Waals surface area contributed by atoms with Crippen LogP contribution in [-0.2, 0) is 4.79 Å². The van der Waals surface area contributed by atoms with Crippen molar-refractivity contribution in [2.45, 2.75) is 55.4 Å². The smallest absolute Gasteiger partial charge is 0.237 e. The van der Waals surface area contributed by atoms with Gasteiger partial charge in [-0.15, -0.1) is 0 Å². The van der Waals surface area contributed by atoms with E-state index in [2.05, 4.69) is 16.9 Å². The normalized spacial score (nSPS) is 31.2. The minimum Gasteiger partial charge on any atom is -0.392 e. The van der Waals surface area contributed by atoms with Crippen LogP contribution in [0.5, 0.6) is 0 Å². The number of rotatable bonds is 4. The third-order valence-electron chi connectivity index (χ3n) is 4.21. The van der Waals surface area contributed by atoms with Gasteiger partial charge in [0.15, 0.2) is 0 Å². The second-order valence-electron chi connectivity index (χ2n) is 5.52. The minimum absolute atomic E-state index is 0.0468. The molecule has 4 nitrogen and oxygen atoms in total. The highest BCUT2D eigenvalue weighted by molar-refractivity contribution is 8.00. The number of aliphatic hydroxyl groups is 1. The average Bonchev–Trinajstić information content (AvgIpc) is 2.84. The largest absolute Gasteiger partial charge is 0.392 e. The van der Waals surface area contributed by atoms with Gasteiger partial charge in [-0.2, -0.15) is 11.8 Å². The monoisotopic (exact) mass is 272 g/mol. The van der Waals surface area contributed by atoms with Crippen LogP contribution in [0.15, 0.2) is 0 Å². The van der Waals surface area contributed by atoms with E-state index in [0.29, 0.717) is 13.0 Å². The summed E-state index contributed by atoms with van der Waals surface area (Å²) < 4.78 is 0.241. The van der Waals surface area contributed by atoms with Crippen molar-refractivity contribution >= 4 is 17.7 Å². The van der Waals surface area contributed by atoms with E-state index >= 15 is 0 Å². The highest BCUT2D eigenvalue weighted by Gasteiger charge is 2.33. The van der Waals surface area contributed by atoms with E-state index in [1.807, 2.05) is 11.8 Å². The third-order valence-corrected chi connectivity index (χ3v) is 5.63. The summed E-state index contributed by atoms with van der Waals surface area (Å²) in [6.45, 7) is 1.30. The lowest BCUT2D eigenvalue weighted by atomic mass is 9.88. The van der Waals surface area contributed by atoms with E-state index in [9.17, 15) is 9.90 Å². The summed E-state index contributed by atoms with van der Waals surface area (Å²) in [7, 11) is 0. The van der Waals surface area contributed by atoms with Crippen molar-refractivity contribution in [3.63, 3.8) is 0 Å². The fourth-order valence-electron chi connectivity index (χ4n) is 2.94. The molecule has 1 amide bonds. The van der Waals surface area contributed by atoms with Crippen LogP contribution >= 0.6 is 11.8 Å². The Kier molecular flexibility index (Phi) is 4.92. The molecule has 3 N–H and O–H groups in total. The summed E-state index contributed by atoms with van der Waals surface area (Å²) in [6.07, 6.45) is 8.60. The molecular formula is C13H24N2O2S. The highest BCUT2D eigenvalue weighted by atomic mass is 32.2. The van der Waals surface area contributed by atoms with E-state index in [0.717, 1.165) is 6.54 Å².